The Balaban J connectivity index is 2.71. The fraction of sp³-hybridized carbons (Fsp3) is 0.750. The monoisotopic (exact) mass is 288 g/mol. The predicted octanol–water partition coefficient (Wildman–Crippen LogP) is -0.441. The zero-order chi connectivity index (χ0) is 15.1. The van der Waals surface area contributed by atoms with Crippen molar-refractivity contribution >= 4 is 18.0 Å². The van der Waals surface area contributed by atoms with Gasteiger partial charge in [-0.1, -0.05) is 0 Å². The van der Waals surface area contributed by atoms with E-state index in [2.05, 4.69) is 5.32 Å². The molecule has 0 aromatic heterocycles. The molecule has 8 nitrogen and oxygen atoms in total. The van der Waals surface area contributed by atoms with Crippen LogP contribution in [0.25, 0.3) is 0 Å². The van der Waals surface area contributed by atoms with Crippen LogP contribution in [-0.2, 0) is 14.3 Å². The number of piperidine rings is 1. The molecule has 1 aliphatic rings. The summed E-state index contributed by atoms with van der Waals surface area (Å²) in [4.78, 5) is 35.9. The van der Waals surface area contributed by atoms with Crippen LogP contribution in [0.2, 0.25) is 0 Å². The third-order valence-corrected chi connectivity index (χ3v) is 3.10. The van der Waals surface area contributed by atoms with Crippen LogP contribution in [0.4, 0.5) is 4.79 Å². The summed E-state index contributed by atoms with van der Waals surface area (Å²) in [6.07, 6.45) is 2.03. The van der Waals surface area contributed by atoms with Crippen LogP contribution >= 0.6 is 0 Å². The fourth-order valence-corrected chi connectivity index (χ4v) is 2.08. The maximum atomic E-state index is 12.0. The van der Waals surface area contributed by atoms with Crippen LogP contribution in [0.5, 0.6) is 0 Å². The summed E-state index contributed by atoms with van der Waals surface area (Å²) in [7, 11) is 0. The Labute approximate surface area is 116 Å². The van der Waals surface area contributed by atoms with Crippen molar-refractivity contribution in [3.63, 3.8) is 0 Å². The Kier molecular flexibility index (Phi) is 6.23. The maximum absolute atomic E-state index is 12.0. The van der Waals surface area contributed by atoms with Crippen molar-refractivity contribution < 1.29 is 29.3 Å². The Morgan fingerprint density at radius 2 is 2.10 bits per heavy atom. The van der Waals surface area contributed by atoms with Gasteiger partial charge in [-0.05, 0) is 26.2 Å². The fourth-order valence-electron chi connectivity index (χ4n) is 2.08. The van der Waals surface area contributed by atoms with E-state index in [4.69, 9.17) is 14.9 Å². The van der Waals surface area contributed by atoms with Crippen LogP contribution in [0.15, 0.2) is 0 Å². The molecule has 20 heavy (non-hydrogen) atoms. The van der Waals surface area contributed by atoms with E-state index in [1.165, 1.54) is 4.90 Å². The van der Waals surface area contributed by atoms with Crippen LogP contribution < -0.4 is 5.32 Å². The molecule has 1 saturated heterocycles. The number of hydrogen-bond acceptors (Lipinski definition) is 5. The lowest BCUT2D eigenvalue weighted by molar-refractivity contribution is -0.149. The van der Waals surface area contributed by atoms with E-state index < -0.39 is 36.7 Å². The average Bonchev–Trinajstić information content (AvgIpc) is 2.44. The molecular weight excluding hydrogens is 268 g/mol. The highest BCUT2D eigenvalue weighted by Crippen LogP contribution is 2.18. The molecule has 114 valence electrons. The number of carbonyl (C=O) groups excluding carboxylic acids is 2. The van der Waals surface area contributed by atoms with Crippen LogP contribution in [0.1, 0.15) is 26.2 Å². The zero-order valence-electron chi connectivity index (χ0n) is 11.4. The summed E-state index contributed by atoms with van der Waals surface area (Å²) in [6.45, 7) is 1.54. The van der Waals surface area contributed by atoms with Crippen LogP contribution in [-0.4, -0.2) is 64.9 Å². The second-order valence-corrected chi connectivity index (χ2v) is 4.48. The van der Waals surface area contributed by atoms with Crippen molar-refractivity contribution in [3.8, 4) is 0 Å². The molecule has 0 aromatic carbocycles. The molecule has 1 heterocycles. The second-order valence-electron chi connectivity index (χ2n) is 4.48. The molecule has 2 atom stereocenters. The van der Waals surface area contributed by atoms with Crippen molar-refractivity contribution in [1.82, 2.24) is 10.2 Å². The number of nitrogens with one attached hydrogen (secondary N) is 1. The minimum Gasteiger partial charge on any atom is -0.480 e. The van der Waals surface area contributed by atoms with Gasteiger partial charge in [-0.3, -0.25) is 0 Å². The number of carboxylic acid groups (broad SMARTS) is 1. The predicted molar refractivity (Wildman–Crippen MR) is 68.0 cm³/mol. The van der Waals surface area contributed by atoms with Crippen molar-refractivity contribution in [2.24, 2.45) is 0 Å². The standard InChI is InChI=1S/C12H20N2O6/c1-2-20-11(18)9-5-3-4-6-14(9)12(19)13-8(7-15)10(16)17/h8-9,15H,2-7H2,1H3,(H,13,19)(H,16,17)/t8-,9?/m1/s1. The number of ether oxygens (including phenoxy) is 1. The van der Waals surface area contributed by atoms with Gasteiger partial charge in [-0.25, -0.2) is 14.4 Å². The zero-order valence-corrected chi connectivity index (χ0v) is 11.4. The number of hydrogen-bond donors (Lipinski definition) is 3. The normalized spacial score (nSPS) is 20.1. The van der Waals surface area contributed by atoms with Crippen molar-refractivity contribution in [2.45, 2.75) is 38.3 Å². The van der Waals surface area contributed by atoms with E-state index in [0.717, 1.165) is 12.8 Å². The number of likely N-dealkylation sites (tertiary alicyclic amines) is 1. The quantitative estimate of drug-likeness (QED) is 0.590. The second kappa shape index (κ2) is 7.68. The largest absolute Gasteiger partial charge is 0.480 e. The number of carbonyl (C=O) groups is 3. The molecule has 8 heteroatoms. The van der Waals surface area contributed by atoms with Gasteiger partial charge >= 0.3 is 18.0 Å². The number of rotatable bonds is 5. The highest BCUT2D eigenvalue weighted by molar-refractivity contribution is 5.86. The van der Waals surface area contributed by atoms with Gasteiger partial charge in [0, 0.05) is 6.54 Å². The molecule has 0 bridgehead atoms. The molecule has 0 radical (unpaired) electrons. The number of amides is 2. The molecule has 1 unspecified atom stereocenters. The van der Waals surface area contributed by atoms with Gasteiger partial charge in [-0.2, -0.15) is 0 Å². The Morgan fingerprint density at radius 3 is 2.65 bits per heavy atom. The number of nitrogens with zero attached hydrogens (tertiary/aromatic N) is 1. The molecule has 1 fully saturated rings. The lowest BCUT2D eigenvalue weighted by Crippen LogP contribution is -2.56. The summed E-state index contributed by atoms with van der Waals surface area (Å²) in [6, 6.07) is -2.76. The van der Waals surface area contributed by atoms with E-state index in [9.17, 15) is 14.4 Å². The van der Waals surface area contributed by atoms with Gasteiger partial charge in [0.1, 0.15) is 6.04 Å². The number of aliphatic hydroxyl groups excluding tert-OH is 1. The van der Waals surface area contributed by atoms with Crippen LogP contribution in [0.3, 0.4) is 0 Å². The molecule has 0 saturated carbocycles. The highest BCUT2D eigenvalue weighted by atomic mass is 16.5. The summed E-state index contributed by atoms with van der Waals surface area (Å²) in [5.74, 6) is -1.82. The first kappa shape index (κ1) is 16.2. The van der Waals surface area contributed by atoms with E-state index in [-0.39, 0.29) is 6.61 Å². The maximum Gasteiger partial charge on any atom is 0.328 e. The third kappa shape index (κ3) is 4.09. The molecule has 1 aliphatic heterocycles. The van der Waals surface area contributed by atoms with Gasteiger partial charge in [0.15, 0.2) is 6.04 Å². The third-order valence-electron chi connectivity index (χ3n) is 3.10. The number of aliphatic carboxylic acids is 1. The van der Waals surface area contributed by atoms with E-state index in [1.807, 2.05) is 0 Å². The summed E-state index contributed by atoms with van der Waals surface area (Å²) in [5.41, 5.74) is 0. The van der Waals surface area contributed by atoms with Gasteiger partial charge in [0.2, 0.25) is 0 Å². The minimum atomic E-state index is -1.38. The smallest absolute Gasteiger partial charge is 0.328 e. The first-order chi connectivity index (χ1) is 9.51. The van der Waals surface area contributed by atoms with Gasteiger partial charge in [-0.15, -0.1) is 0 Å². The van der Waals surface area contributed by atoms with Gasteiger partial charge in [0.25, 0.3) is 0 Å². The van der Waals surface area contributed by atoms with E-state index >= 15 is 0 Å². The van der Waals surface area contributed by atoms with E-state index in [1.54, 1.807) is 6.92 Å². The molecule has 3 N–H and O–H groups in total. The van der Waals surface area contributed by atoms with Gasteiger partial charge < -0.3 is 25.2 Å². The Bertz CT molecular complexity index is 373. The van der Waals surface area contributed by atoms with Crippen LogP contribution in [0, 0.1) is 0 Å². The summed E-state index contributed by atoms with van der Waals surface area (Å²) >= 11 is 0. The molecule has 0 aromatic rings. The Hall–Kier alpha value is -1.83. The first-order valence-corrected chi connectivity index (χ1v) is 6.58. The lowest BCUT2D eigenvalue weighted by Gasteiger charge is -2.34. The number of esters is 1. The van der Waals surface area contributed by atoms with Gasteiger partial charge in [0.05, 0.1) is 13.2 Å². The van der Waals surface area contributed by atoms with Crippen molar-refractivity contribution in [2.75, 3.05) is 19.8 Å². The molecule has 0 spiro atoms. The minimum absolute atomic E-state index is 0.221. The van der Waals surface area contributed by atoms with E-state index in [0.29, 0.717) is 13.0 Å². The lowest BCUT2D eigenvalue weighted by atomic mass is 10.0. The summed E-state index contributed by atoms with van der Waals surface area (Å²) < 4.78 is 4.91. The number of aliphatic hydroxyl groups is 1. The molecule has 2 amide bonds. The number of urea groups is 1. The summed E-state index contributed by atoms with van der Waals surface area (Å²) in [5, 5.41) is 19.9. The highest BCUT2D eigenvalue weighted by Gasteiger charge is 2.34. The first-order valence-electron chi connectivity index (χ1n) is 6.58. The topological polar surface area (TPSA) is 116 Å². The van der Waals surface area contributed by atoms with Crippen molar-refractivity contribution in [3.05, 3.63) is 0 Å². The van der Waals surface area contributed by atoms with Crippen molar-refractivity contribution in [1.29, 1.82) is 0 Å². The average molecular weight is 288 g/mol. The Morgan fingerprint density at radius 1 is 1.40 bits per heavy atom. The number of carboxylic acids is 1. The molecule has 0 aliphatic carbocycles. The molecular formula is C12H20N2O6. The molecule has 1 rings (SSSR count). The SMILES string of the molecule is CCOC(=O)C1CCCCN1C(=O)N[C@H](CO)C(=O)O.